The van der Waals surface area contributed by atoms with Gasteiger partial charge in [-0.1, -0.05) is 6.07 Å². The van der Waals surface area contributed by atoms with Gasteiger partial charge in [-0.3, -0.25) is 0 Å². The number of nitrogens with one attached hydrogen (secondary N) is 2. The molecule has 3 fully saturated rings. The van der Waals surface area contributed by atoms with Crippen molar-refractivity contribution in [2.75, 3.05) is 59.3 Å². The van der Waals surface area contributed by atoms with Crippen molar-refractivity contribution < 1.29 is 27.8 Å². The van der Waals surface area contributed by atoms with Gasteiger partial charge in [0.25, 0.3) is 0 Å². The Bertz CT molecular complexity index is 1250. The zero-order valence-electron chi connectivity index (χ0n) is 23.2. The largest absolute Gasteiger partial charge is 0.493 e. The Hall–Kier alpha value is -3.60. The monoisotopic (exact) mass is 557 g/mol. The van der Waals surface area contributed by atoms with Crippen molar-refractivity contribution in [1.82, 2.24) is 20.0 Å². The average Bonchev–Trinajstić information content (AvgIpc) is 3.34. The summed E-state index contributed by atoms with van der Waals surface area (Å²) >= 11 is 0. The van der Waals surface area contributed by atoms with E-state index in [-0.39, 0.29) is 29.2 Å². The van der Waals surface area contributed by atoms with E-state index >= 15 is 0 Å². The first-order chi connectivity index (χ1) is 19.2. The van der Waals surface area contributed by atoms with Crippen LogP contribution in [0.5, 0.6) is 11.5 Å². The first kappa shape index (κ1) is 27.9. The van der Waals surface area contributed by atoms with Gasteiger partial charge < -0.3 is 34.8 Å². The molecular weight excluding hydrogens is 520 g/mol. The van der Waals surface area contributed by atoms with Gasteiger partial charge in [0.1, 0.15) is 0 Å². The number of amides is 4. The molecule has 3 atom stereocenters. The number of halogens is 2. The third-order valence-electron chi connectivity index (χ3n) is 8.75. The predicted molar refractivity (Wildman–Crippen MR) is 147 cm³/mol. The Morgan fingerprint density at radius 1 is 0.925 bits per heavy atom. The minimum absolute atomic E-state index is 0.0346. The molecule has 9 nitrogen and oxygen atoms in total. The van der Waals surface area contributed by atoms with Gasteiger partial charge >= 0.3 is 12.1 Å². The molecule has 3 unspecified atom stereocenters. The fourth-order valence-electron chi connectivity index (χ4n) is 6.50. The van der Waals surface area contributed by atoms with Crippen molar-refractivity contribution in [3.8, 4) is 11.5 Å². The van der Waals surface area contributed by atoms with Gasteiger partial charge in [-0.2, -0.15) is 0 Å². The van der Waals surface area contributed by atoms with E-state index in [1.807, 2.05) is 21.9 Å². The number of urea groups is 2. The maximum Gasteiger partial charge on any atom is 0.320 e. The molecule has 40 heavy (non-hydrogen) atoms. The zero-order chi connectivity index (χ0) is 28.4. The standard InChI is InChI=1S/C29H37F2N5O4/c1-34-12-14-35(15-13-34)28(38)36-11-10-29(19-4-7-24(39-2)25(16-19)40-3)9-8-21(18-26(29)36)33-27(37)32-20-5-6-22(30)23(31)17-20/h4-7,16-17,21,26H,8-15,18H2,1-3H3,(H2,32,33,37). The molecule has 2 heterocycles. The minimum atomic E-state index is -1.03. The van der Waals surface area contributed by atoms with Crippen LogP contribution in [0.1, 0.15) is 31.2 Å². The van der Waals surface area contributed by atoms with Crippen LogP contribution in [0.15, 0.2) is 36.4 Å². The summed E-state index contributed by atoms with van der Waals surface area (Å²) in [5.41, 5.74) is 0.962. The van der Waals surface area contributed by atoms with Crippen molar-refractivity contribution in [1.29, 1.82) is 0 Å². The molecule has 2 N–H and O–H groups in total. The number of piperazine rings is 1. The van der Waals surface area contributed by atoms with Crippen molar-refractivity contribution in [3.05, 3.63) is 53.6 Å². The molecule has 0 spiro atoms. The van der Waals surface area contributed by atoms with E-state index < -0.39 is 17.7 Å². The SMILES string of the molecule is COc1ccc(C23CCC(NC(=O)Nc4ccc(F)c(F)c4)CC2N(C(=O)N2CCN(C)CC2)CC3)cc1OC. The molecule has 0 bridgehead atoms. The molecule has 216 valence electrons. The van der Waals surface area contributed by atoms with E-state index in [1.54, 1.807) is 14.2 Å². The van der Waals surface area contributed by atoms with E-state index in [0.717, 1.165) is 43.6 Å². The molecule has 11 heteroatoms. The Kier molecular flexibility index (Phi) is 8.02. The highest BCUT2D eigenvalue weighted by Crippen LogP contribution is 2.50. The number of benzene rings is 2. The van der Waals surface area contributed by atoms with Crippen molar-refractivity contribution in [2.45, 2.75) is 43.2 Å². The third kappa shape index (κ3) is 5.39. The molecule has 0 aromatic heterocycles. The Morgan fingerprint density at radius 2 is 1.68 bits per heavy atom. The Morgan fingerprint density at radius 3 is 2.38 bits per heavy atom. The van der Waals surface area contributed by atoms with Crippen LogP contribution in [0.3, 0.4) is 0 Å². The van der Waals surface area contributed by atoms with Crippen LogP contribution in [0.2, 0.25) is 0 Å². The fraction of sp³-hybridized carbons (Fsp3) is 0.517. The molecule has 0 radical (unpaired) electrons. The number of hydrogen-bond acceptors (Lipinski definition) is 5. The van der Waals surface area contributed by atoms with Crippen LogP contribution in [-0.4, -0.2) is 92.8 Å². The summed E-state index contributed by atoms with van der Waals surface area (Å²) in [5.74, 6) is -0.717. The highest BCUT2D eigenvalue weighted by molar-refractivity contribution is 5.89. The molecule has 1 aliphatic carbocycles. The lowest BCUT2D eigenvalue weighted by Gasteiger charge is -2.46. The minimum Gasteiger partial charge on any atom is -0.493 e. The van der Waals surface area contributed by atoms with E-state index in [1.165, 1.54) is 6.07 Å². The van der Waals surface area contributed by atoms with Gasteiger partial charge in [-0.25, -0.2) is 18.4 Å². The number of fused-ring (bicyclic) bond motifs is 1. The Labute approximate surface area is 233 Å². The van der Waals surface area contributed by atoms with Gasteiger partial charge in [0, 0.05) is 62.0 Å². The van der Waals surface area contributed by atoms with Crippen LogP contribution in [0.4, 0.5) is 24.1 Å². The number of anilines is 1. The van der Waals surface area contributed by atoms with Crippen LogP contribution in [0.25, 0.3) is 0 Å². The number of likely N-dealkylation sites (tertiary alicyclic amines) is 1. The predicted octanol–water partition coefficient (Wildman–Crippen LogP) is 4.04. The highest BCUT2D eigenvalue weighted by atomic mass is 19.2. The van der Waals surface area contributed by atoms with E-state index in [0.29, 0.717) is 44.0 Å². The average molecular weight is 558 g/mol. The normalized spacial score (nSPS) is 24.8. The molecule has 2 aliphatic heterocycles. The zero-order valence-corrected chi connectivity index (χ0v) is 23.2. The van der Waals surface area contributed by atoms with Gasteiger partial charge in [0.2, 0.25) is 0 Å². The number of rotatable bonds is 5. The summed E-state index contributed by atoms with van der Waals surface area (Å²) in [6, 6.07) is 8.41. The number of carbonyl (C=O) groups is 2. The quantitative estimate of drug-likeness (QED) is 0.580. The number of methoxy groups -OCH3 is 2. The number of hydrogen-bond donors (Lipinski definition) is 2. The van der Waals surface area contributed by atoms with Crippen LogP contribution in [0, 0.1) is 11.6 Å². The second-order valence-corrected chi connectivity index (χ2v) is 11.0. The van der Waals surface area contributed by atoms with E-state index in [9.17, 15) is 18.4 Å². The lowest BCUT2D eigenvalue weighted by atomic mass is 9.65. The van der Waals surface area contributed by atoms with Crippen molar-refractivity contribution in [2.24, 2.45) is 0 Å². The molecule has 2 saturated heterocycles. The molecule has 3 aliphatic rings. The maximum atomic E-state index is 13.8. The van der Waals surface area contributed by atoms with Crippen LogP contribution < -0.4 is 20.1 Å². The highest BCUT2D eigenvalue weighted by Gasteiger charge is 2.54. The molecule has 2 aromatic rings. The first-order valence-corrected chi connectivity index (χ1v) is 13.7. The summed E-state index contributed by atoms with van der Waals surface area (Å²) in [6.07, 6.45) is 2.84. The molecule has 5 rings (SSSR count). The fourth-order valence-corrected chi connectivity index (χ4v) is 6.50. The van der Waals surface area contributed by atoms with Gasteiger partial charge in [0.05, 0.1) is 14.2 Å². The maximum absolute atomic E-state index is 13.8. The van der Waals surface area contributed by atoms with Gasteiger partial charge in [-0.15, -0.1) is 0 Å². The second-order valence-electron chi connectivity index (χ2n) is 11.0. The summed E-state index contributed by atoms with van der Waals surface area (Å²) in [7, 11) is 5.27. The van der Waals surface area contributed by atoms with E-state index in [4.69, 9.17) is 9.47 Å². The molecule has 1 saturated carbocycles. The number of likely N-dealkylation sites (N-methyl/N-ethyl adjacent to an activating group) is 1. The summed E-state index contributed by atoms with van der Waals surface area (Å²) in [6.45, 7) is 3.65. The lowest BCUT2D eigenvalue weighted by Crippen LogP contribution is -2.58. The van der Waals surface area contributed by atoms with Crippen molar-refractivity contribution >= 4 is 17.7 Å². The molecular formula is C29H37F2N5O4. The lowest BCUT2D eigenvalue weighted by molar-refractivity contribution is 0.0977. The van der Waals surface area contributed by atoms with Crippen LogP contribution >= 0.6 is 0 Å². The summed E-state index contributed by atoms with van der Waals surface area (Å²) in [5, 5.41) is 5.59. The summed E-state index contributed by atoms with van der Waals surface area (Å²) < 4.78 is 38.0. The third-order valence-corrected chi connectivity index (χ3v) is 8.75. The number of nitrogens with zero attached hydrogens (tertiary/aromatic N) is 3. The molecule has 4 amide bonds. The summed E-state index contributed by atoms with van der Waals surface area (Å²) in [4.78, 5) is 32.7. The smallest absolute Gasteiger partial charge is 0.320 e. The molecule has 2 aromatic carbocycles. The number of ether oxygens (including phenoxy) is 2. The Balaban J connectivity index is 1.38. The van der Waals surface area contributed by atoms with Crippen LogP contribution in [-0.2, 0) is 5.41 Å². The van der Waals surface area contributed by atoms with E-state index in [2.05, 4.69) is 28.6 Å². The topological polar surface area (TPSA) is 86.4 Å². The first-order valence-electron chi connectivity index (χ1n) is 13.7. The second kappa shape index (κ2) is 11.5. The van der Waals surface area contributed by atoms with Crippen molar-refractivity contribution in [3.63, 3.8) is 0 Å². The number of carbonyl (C=O) groups excluding carboxylic acids is 2. The van der Waals surface area contributed by atoms with Gasteiger partial charge in [-0.05, 0) is 62.6 Å². The van der Waals surface area contributed by atoms with Gasteiger partial charge in [0.15, 0.2) is 23.1 Å².